The summed E-state index contributed by atoms with van der Waals surface area (Å²) in [4.78, 5) is 11.5. The van der Waals surface area contributed by atoms with Gasteiger partial charge in [-0.25, -0.2) is 0 Å². The zero-order valence-electron chi connectivity index (χ0n) is 8.99. The molecule has 0 heterocycles. The number of alkyl halides is 3. The smallest absolute Gasteiger partial charge is 0.396 e. The first-order chi connectivity index (χ1) is 7.84. The highest BCUT2D eigenvalue weighted by molar-refractivity contribution is 7.80. The number of ether oxygens (including phenoxy) is 1. The van der Waals surface area contributed by atoms with Crippen molar-refractivity contribution in [2.24, 2.45) is 0 Å². The Bertz CT molecular complexity index is 387. The summed E-state index contributed by atoms with van der Waals surface area (Å²) >= 11 is 3.99. The molecule has 0 aliphatic heterocycles. The first-order valence-corrected chi connectivity index (χ1v) is 5.21. The molecule has 0 N–H and O–H groups in total. The lowest BCUT2D eigenvalue weighted by Crippen LogP contribution is -2.24. The van der Waals surface area contributed by atoms with Gasteiger partial charge in [0.1, 0.15) is 0 Å². The number of rotatable bonds is 3. The molecule has 1 aromatic rings. The van der Waals surface area contributed by atoms with Crippen molar-refractivity contribution < 1.29 is 22.7 Å². The molecule has 1 rings (SSSR count). The van der Waals surface area contributed by atoms with Crippen LogP contribution in [-0.2, 0) is 9.53 Å². The Morgan fingerprint density at radius 2 is 1.88 bits per heavy atom. The number of hydrogen-bond acceptors (Lipinski definition) is 3. The Hall–Kier alpha value is -1.17. The summed E-state index contributed by atoms with van der Waals surface area (Å²) in [7, 11) is 1.06. The lowest BCUT2D eigenvalue weighted by atomic mass is 9.95. The maximum absolute atomic E-state index is 12.8. The van der Waals surface area contributed by atoms with Gasteiger partial charge in [-0.15, -0.1) is 12.6 Å². The number of thiol groups is 1. The highest BCUT2D eigenvalue weighted by Crippen LogP contribution is 2.37. The molecule has 0 aliphatic rings. The van der Waals surface area contributed by atoms with E-state index >= 15 is 0 Å². The van der Waals surface area contributed by atoms with Crippen molar-refractivity contribution in [1.29, 1.82) is 0 Å². The van der Waals surface area contributed by atoms with Gasteiger partial charge in [-0.2, -0.15) is 13.2 Å². The molecule has 0 radical (unpaired) electrons. The van der Waals surface area contributed by atoms with Crippen molar-refractivity contribution in [3.05, 3.63) is 29.8 Å². The maximum atomic E-state index is 12.8. The molecule has 0 aromatic heterocycles. The van der Waals surface area contributed by atoms with Gasteiger partial charge >= 0.3 is 12.1 Å². The van der Waals surface area contributed by atoms with E-state index < -0.39 is 24.5 Å². The van der Waals surface area contributed by atoms with E-state index in [1.54, 1.807) is 0 Å². The molecule has 94 valence electrons. The Morgan fingerprint density at radius 1 is 1.35 bits per heavy atom. The molecule has 0 amide bonds. The van der Waals surface area contributed by atoms with Crippen molar-refractivity contribution in [3.63, 3.8) is 0 Å². The van der Waals surface area contributed by atoms with Crippen molar-refractivity contribution in [3.8, 4) is 0 Å². The molecule has 0 bridgehead atoms. The fourth-order valence-electron chi connectivity index (χ4n) is 1.38. The number of esters is 1. The van der Waals surface area contributed by atoms with Gasteiger partial charge in [0.05, 0.1) is 19.4 Å². The van der Waals surface area contributed by atoms with Gasteiger partial charge < -0.3 is 4.74 Å². The number of benzene rings is 1. The minimum Gasteiger partial charge on any atom is -0.469 e. The predicted octanol–water partition coefficient (Wildman–Crippen LogP) is 3.18. The summed E-state index contributed by atoms with van der Waals surface area (Å²) in [5.74, 6) is -2.73. The molecule has 0 saturated carbocycles. The van der Waals surface area contributed by atoms with E-state index in [0.29, 0.717) is 4.90 Å². The van der Waals surface area contributed by atoms with Gasteiger partial charge in [0.25, 0.3) is 0 Å². The second kappa shape index (κ2) is 5.44. The number of halogens is 3. The van der Waals surface area contributed by atoms with Crippen LogP contribution in [0.15, 0.2) is 29.2 Å². The van der Waals surface area contributed by atoms with Crippen LogP contribution < -0.4 is 0 Å². The topological polar surface area (TPSA) is 26.3 Å². The third-order valence-electron chi connectivity index (χ3n) is 2.29. The largest absolute Gasteiger partial charge is 0.469 e. The van der Waals surface area contributed by atoms with Crippen LogP contribution in [0.2, 0.25) is 0 Å². The van der Waals surface area contributed by atoms with Crippen LogP contribution in [0.1, 0.15) is 17.9 Å². The van der Waals surface area contributed by atoms with Crippen LogP contribution in [0.4, 0.5) is 13.2 Å². The number of carbonyl (C=O) groups is 1. The molecule has 17 heavy (non-hydrogen) atoms. The van der Waals surface area contributed by atoms with Crippen LogP contribution in [0.3, 0.4) is 0 Å². The van der Waals surface area contributed by atoms with Crippen molar-refractivity contribution in [1.82, 2.24) is 0 Å². The monoisotopic (exact) mass is 264 g/mol. The molecular weight excluding hydrogens is 253 g/mol. The average Bonchev–Trinajstić information content (AvgIpc) is 2.25. The standard InChI is InChI=1S/C11H11F3O2S/c1-16-10(15)6-9(11(12,13)14)7-2-4-8(17)5-3-7/h2-5,9,17H,6H2,1H3. The first-order valence-electron chi connectivity index (χ1n) is 4.77. The van der Waals surface area contributed by atoms with Crippen molar-refractivity contribution in [2.45, 2.75) is 23.4 Å². The van der Waals surface area contributed by atoms with Gasteiger partial charge in [0.15, 0.2) is 0 Å². The quantitative estimate of drug-likeness (QED) is 0.670. The van der Waals surface area contributed by atoms with Crippen molar-refractivity contribution in [2.75, 3.05) is 7.11 Å². The Kier molecular flexibility index (Phi) is 4.45. The zero-order chi connectivity index (χ0) is 13.1. The maximum Gasteiger partial charge on any atom is 0.396 e. The molecule has 6 heteroatoms. The normalized spacial score (nSPS) is 13.2. The molecule has 0 saturated heterocycles. The number of hydrogen-bond donors (Lipinski definition) is 1. The van der Waals surface area contributed by atoms with Crippen LogP contribution in [0.25, 0.3) is 0 Å². The summed E-state index contributed by atoms with van der Waals surface area (Å²) in [5.41, 5.74) is 0.0284. The van der Waals surface area contributed by atoms with Gasteiger partial charge in [-0.1, -0.05) is 12.1 Å². The summed E-state index contributed by atoms with van der Waals surface area (Å²) in [6.45, 7) is 0. The Balaban J connectivity index is 2.98. The van der Waals surface area contributed by atoms with E-state index in [1.165, 1.54) is 24.3 Å². The summed E-state index contributed by atoms with van der Waals surface area (Å²) in [5, 5.41) is 0. The Labute approximate surface area is 102 Å². The zero-order valence-corrected chi connectivity index (χ0v) is 9.89. The second-order valence-corrected chi connectivity index (χ2v) is 3.98. The SMILES string of the molecule is COC(=O)CC(c1ccc(S)cc1)C(F)(F)F. The number of carbonyl (C=O) groups excluding carboxylic acids is 1. The Morgan fingerprint density at radius 3 is 2.29 bits per heavy atom. The van der Waals surface area contributed by atoms with Gasteiger partial charge in [0, 0.05) is 4.90 Å². The fraction of sp³-hybridized carbons (Fsp3) is 0.364. The second-order valence-electron chi connectivity index (χ2n) is 3.47. The molecule has 1 atom stereocenters. The van der Waals surface area contributed by atoms with E-state index in [2.05, 4.69) is 17.4 Å². The molecule has 1 aromatic carbocycles. The van der Waals surface area contributed by atoms with E-state index in [-0.39, 0.29) is 5.56 Å². The lowest BCUT2D eigenvalue weighted by Gasteiger charge is -2.19. The number of methoxy groups -OCH3 is 1. The predicted molar refractivity (Wildman–Crippen MR) is 59.1 cm³/mol. The van der Waals surface area contributed by atoms with Crippen LogP contribution in [0.5, 0.6) is 0 Å². The van der Waals surface area contributed by atoms with Crippen molar-refractivity contribution >= 4 is 18.6 Å². The van der Waals surface area contributed by atoms with Crippen LogP contribution in [-0.4, -0.2) is 19.3 Å². The summed E-state index contributed by atoms with van der Waals surface area (Å²) < 4.78 is 42.6. The van der Waals surface area contributed by atoms with Crippen LogP contribution in [0, 0.1) is 0 Å². The molecule has 0 aliphatic carbocycles. The van der Waals surface area contributed by atoms with Crippen LogP contribution >= 0.6 is 12.6 Å². The van der Waals surface area contributed by atoms with Gasteiger partial charge in [-0.05, 0) is 17.7 Å². The third-order valence-corrected chi connectivity index (χ3v) is 2.59. The van der Waals surface area contributed by atoms with E-state index in [9.17, 15) is 18.0 Å². The molecule has 0 fully saturated rings. The third kappa shape index (κ3) is 3.96. The first kappa shape index (κ1) is 13.9. The van der Waals surface area contributed by atoms with E-state index in [1.807, 2.05) is 0 Å². The average molecular weight is 264 g/mol. The molecule has 2 nitrogen and oxygen atoms in total. The highest BCUT2D eigenvalue weighted by Gasteiger charge is 2.42. The lowest BCUT2D eigenvalue weighted by molar-refractivity contribution is -0.164. The minimum atomic E-state index is -4.48. The molecule has 1 unspecified atom stereocenters. The molecule has 0 spiro atoms. The summed E-state index contributed by atoms with van der Waals surface area (Å²) in [6, 6.07) is 5.52. The molecular formula is C11H11F3O2S. The summed E-state index contributed by atoms with van der Waals surface area (Å²) in [6.07, 6.45) is -5.20. The fourth-order valence-corrected chi connectivity index (χ4v) is 1.53. The van der Waals surface area contributed by atoms with E-state index in [0.717, 1.165) is 7.11 Å². The van der Waals surface area contributed by atoms with Gasteiger partial charge in [-0.3, -0.25) is 4.79 Å². The highest BCUT2D eigenvalue weighted by atomic mass is 32.1. The minimum absolute atomic E-state index is 0.0284. The van der Waals surface area contributed by atoms with Gasteiger partial charge in [0.2, 0.25) is 0 Å². The van der Waals surface area contributed by atoms with E-state index in [4.69, 9.17) is 0 Å².